The largest absolute Gasteiger partial charge is 0.395 e. The van der Waals surface area contributed by atoms with Crippen LogP contribution in [-0.2, 0) is 10.0 Å². The van der Waals surface area contributed by atoms with Crippen LogP contribution in [0.2, 0.25) is 0 Å². The highest BCUT2D eigenvalue weighted by Gasteiger charge is 2.44. The van der Waals surface area contributed by atoms with Gasteiger partial charge in [-0.25, -0.2) is 8.42 Å². The summed E-state index contributed by atoms with van der Waals surface area (Å²) in [5, 5.41) is 14.5. The van der Waals surface area contributed by atoms with Gasteiger partial charge in [0.1, 0.15) is 0 Å². The van der Waals surface area contributed by atoms with E-state index in [2.05, 4.69) is 20.3 Å². The highest BCUT2D eigenvalue weighted by molar-refractivity contribution is 7.92. The Morgan fingerprint density at radius 1 is 1.06 bits per heavy atom. The molecule has 4 N–H and O–H groups in total. The van der Waals surface area contributed by atoms with Gasteiger partial charge in [0.25, 0.3) is 11.8 Å². The molecular formula is C25H32N4O5S. The summed E-state index contributed by atoms with van der Waals surface area (Å²) >= 11 is 0. The zero-order chi connectivity index (χ0) is 25.2. The summed E-state index contributed by atoms with van der Waals surface area (Å²) in [7, 11) is -2.17. The first-order chi connectivity index (χ1) is 16.6. The van der Waals surface area contributed by atoms with E-state index >= 15 is 0 Å². The molecule has 0 bridgehead atoms. The normalized spacial score (nSPS) is 16.6. The molecule has 1 aliphatic heterocycles. The summed E-state index contributed by atoms with van der Waals surface area (Å²) in [6.07, 6.45) is 4.58. The summed E-state index contributed by atoms with van der Waals surface area (Å²) in [5.41, 5.74) is 3.44. The highest BCUT2D eigenvalue weighted by Crippen LogP contribution is 2.54. The van der Waals surface area contributed by atoms with E-state index in [-0.39, 0.29) is 11.8 Å². The van der Waals surface area contributed by atoms with E-state index < -0.39 is 22.4 Å². The lowest BCUT2D eigenvalue weighted by Crippen LogP contribution is -2.36. The van der Waals surface area contributed by atoms with Gasteiger partial charge in [-0.2, -0.15) is 0 Å². The number of hydrogen-bond donors (Lipinski definition) is 4. The SMILES string of the molecule is CNC(=O)c1cccc(NC(=O)c2cc(C)c(NS(=O)(=O)CCO)cc2N2CCC3(CC2)CC3)c1. The molecule has 2 aromatic carbocycles. The Morgan fingerprint density at radius 2 is 1.77 bits per heavy atom. The van der Waals surface area contributed by atoms with Crippen LogP contribution in [0.5, 0.6) is 0 Å². The van der Waals surface area contributed by atoms with E-state index in [1.807, 2.05) is 0 Å². The van der Waals surface area contributed by atoms with Gasteiger partial charge in [0, 0.05) is 31.4 Å². The van der Waals surface area contributed by atoms with Crippen LogP contribution >= 0.6 is 0 Å². The van der Waals surface area contributed by atoms with E-state index in [0.717, 1.165) is 25.9 Å². The van der Waals surface area contributed by atoms with Crippen molar-refractivity contribution in [2.75, 3.05) is 47.4 Å². The minimum Gasteiger partial charge on any atom is -0.395 e. The van der Waals surface area contributed by atoms with E-state index in [0.29, 0.717) is 39.2 Å². The number of aliphatic hydroxyl groups excluding tert-OH is 1. The maximum absolute atomic E-state index is 13.4. The third-order valence-electron chi connectivity index (χ3n) is 6.94. The summed E-state index contributed by atoms with van der Waals surface area (Å²) in [6.45, 7) is 2.83. The van der Waals surface area contributed by atoms with Crippen molar-refractivity contribution in [1.29, 1.82) is 0 Å². The van der Waals surface area contributed by atoms with E-state index in [4.69, 9.17) is 5.11 Å². The van der Waals surface area contributed by atoms with Gasteiger partial charge in [0.15, 0.2) is 0 Å². The standard InChI is InChI=1S/C25H32N4O5S/c1-17-14-20(24(32)27-19-5-3-4-18(15-19)23(31)26-2)22(16-21(17)28-35(33,34)13-12-30)29-10-8-25(6-7-25)9-11-29/h3-5,14-16,28,30H,6-13H2,1-2H3,(H,26,31)(H,27,32). The molecule has 10 heteroatoms. The average Bonchev–Trinajstić information content (AvgIpc) is 3.58. The fraction of sp³-hybridized carbons (Fsp3) is 0.440. The van der Waals surface area contributed by atoms with Crippen LogP contribution in [0.4, 0.5) is 17.1 Å². The quantitative estimate of drug-likeness (QED) is 0.441. The fourth-order valence-corrected chi connectivity index (χ4v) is 5.47. The molecule has 4 rings (SSSR count). The Balaban J connectivity index is 1.66. The number of hydrogen-bond acceptors (Lipinski definition) is 6. The highest BCUT2D eigenvalue weighted by atomic mass is 32.2. The molecule has 1 saturated carbocycles. The van der Waals surface area contributed by atoms with Crippen molar-refractivity contribution in [3.8, 4) is 0 Å². The van der Waals surface area contributed by atoms with Gasteiger partial charge in [0.2, 0.25) is 10.0 Å². The molecule has 1 aliphatic carbocycles. The van der Waals surface area contributed by atoms with Gasteiger partial charge >= 0.3 is 0 Å². The zero-order valence-electron chi connectivity index (χ0n) is 20.1. The molecule has 0 atom stereocenters. The second kappa shape index (κ2) is 9.87. The van der Waals surface area contributed by atoms with Crippen LogP contribution in [0, 0.1) is 12.3 Å². The van der Waals surface area contributed by atoms with Gasteiger partial charge in [-0.05, 0) is 73.9 Å². The zero-order valence-corrected chi connectivity index (χ0v) is 20.9. The summed E-state index contributed by atoms with van der Waals surface area (Å²) in [4.78, 5) is 27.5. The third kappa shape index (κ3) is 5.76. The Bertz CT molecular complexity index is 1230. The first-order valence-corrected chi connectivity index (χ1v) is 13.4. The molecule has 9 nitrogen and oxygen atoms in total. The second-order valence-electron chi connectivity index (χ2n) is 9.43. The minimum absolute atomic E-state index is 0.250. The van der Waals surface area contributed by atoms with Gasteiger partial charge in [-0.1, -0.05) is 6.07 Å². The van der Waals surface area contributed by atoms with Crippen molar-refractivity contribution < 1.29 is 23.1 Å². The van der Waals surface area contributed by atoms with Crippen molar-refractivity contribution in [2.24, 2.45) is 5.41 Å². The summed E-state index contributed by atoms with van der Waals surface area (Å²) < 4.78 is 27.2. The van der Waals surface area contributed by atoms with Crippen LogP contribution in [0.3, 0.4) is 0 Å². The van der Waals surface area contributed by atoms with Gasteiger partial charge in [-0.3, -0.25) is 14.3 Å². The number of piperidine rings is 1. The van der Waals surface area contributed by atoms with E-state index in [9.17, 15) is 18.0 Å². The molecule has 1 spiro atoms. The molecule has 188 valence electrons. The Hall–Kier alpha value is -3.11. The third-order valence-corrected chi connectivity index (χ3v) is 8.20. The fourth-order valence-electron chi connectivity index (χ4n) is 4.57. The summed E-state index contributed by atoms with van der Waals surface area (Å²) in [5.74, 6) is -0.995. The van der Waals surface area contributed by atoms with Crippen molar-refractivity contribution in [2.45, 2.75) is 32.6 Å². The topological polar surface area (TPSA) is 128 Å². The van der Waals surface area contributed by atoms with Crippen molar-refractivity contribution in [3.63, 3.8) is 0 Å². The molecule has 0 unspecified atom stereocenters. The van der Waals surface area contributed by atoms with Crippen molar-refractivity contribution in [1.82, 2.24) is 5.32 Å². The number of carbonyl (C=O) groups is 2. The lowest BCUT2D eigenvalue weighted by molar-refractivity contribution is 0.0961. The number of sulfonamides is 1. The second-order valence-corrected chi connectivity index (χ2v) is 11.3. The van der Waals surface area contributed by atoms with E-state index in [1.54, 1.807) is 50.4 Å². The maximum atomic E-state index is 13.4. The van der Waals surface area contributed by atoms with Crippen LogP contribution in [0.25, 0.3) is 0 Å². The van der Waals surface area contributed by atoms with Crippen LogP contribution in [0.1, 0.15) is 52.0 Å². The summed E-state index contributed by atoms with van der Waals surface area (Å²) in [6, 6.07) is 10.1. The Labute approximate surface area is 206 Å². The van der Waals surface area contributed by atoms with Gasteiger partial charge < -0.3 is 20.6 Å². The lowest BCUT2D eigenvalue weighted by Gasteiger charge is -2.35. The van der Waals surface area contributed by atoms with Gasteiger partial charge in [0.05, 0.1) is 29.3 Å². The average molecular weight is 501 g/mol. The molecule has 1 heterocycles. The number of nitrogens with zero attached hydrogens (tertiary/aromatic N) is 1. The minimum atomic E-state index is -3.72. The van der Waals surface area contributed by atoms with Crippen molar-refractivity contribution >= 4 is 38.9 Å². The molecule has 2 amide bonds. The molecule has 0 aromatic heterocycles. The number of anilines is 3. The number of benzene rings is 2. The molecule has 35 heavy (non-hydrogen) atoms. The smallest absolute Gasteiger partial charge is 0.257 e. The predicted molar refractivity (Wildman–Crippen MR) is 137 cm³/mol. The number of amides is 2. The lowest BCUT2D eigenvalue weighted by atomic mass is 9.92. The van der Waals surface area contributed by atoms with E-state index in [1.165, 1.54) is 12.8 Å². The molecule has 2 aliphatic rings. The molecular weight excluding hydrogens is 468 g/mol. The number of aliphatic hydroxyl groups is 1. The molecule has 2 fully saturated rings. The van der Waals surface area contributed by atoms with Crippen LogP contribution < -0.4 is 20.3 Å². The predicted octanol–water partition coefficient (Wildman–Crippen LogP) is 2.72. The monoisotopic (exact) mass is 500 g/mol. The Kier molecular flexibility index (Phi) is 7.05. The van der Waals surface area contributed by atoms with Crippen molar-refractivity contribution in [3.05, 3.63) is 53.1 Å². The molecule has 0 radical (unpaired) electrons. The van der Waals surface area contributed by atoms with Crippen LogP contribution in [-0.4, -0.2) is 57.8 Å². The maximum Gasteiger partial charge on any atom is 0.257 e. The number of nitrogens with one attached hydrogen (secondary N) is 3. The number of rotatable bonds is 8. The number of aryl methyl sites for hydroxylation is 1. The number of carbonyl (C=O) groups excluding carboxylic acids is 2. The van der Waals surface area contributed by atoms with Crippen LogP contribution in [0.15, 0.2) is 36.4 Å². The first-order valence-electron chi connectivity index (χ1n) is 11.8. The first kappa shape index (κ1) is 25.0. The Morgan fingerprint density at radius 3 is 2.40 bits per heavy atom. The molecule has 1 saturated heterocycles. The molecule has 2 aromatic rings. The van der Waals surface area contributed by atoms with Gasteiger partial charge in [-0.15, -0.1) is 0 Å².